The fourth-order valence-corrected chi connectivity index (χ4v) is 7.60. The van der Waals surface area contributed by atoms with Gasteiger partial charge in [0.05, 0.1) is 15.9 Å². The Morgan fingerprint density at radius 3 is 2.56 bits per heavy atom. The van der Waals surface area contributed by atoms with Crippen molar-refractivity contribution in [2.24, 2.45) is 0 Å². The van der Waals surface area contributed by atoms with E-state index in [-0.39, 0.29) is 11.6 Å². The number of carbonyl (C=O) groups is 2. The summed E-state index contributed by atoms with van der Waals surface area (Å²) in [6.07, 6.45) is 3.42. The summed E-state index contributed by atoms with van der Waals surface area (Å²) < 4.78 is 1.01. The van der Waals surface area contributed by atoms with Gasteiger partial charge in [0, 0.05) is 50.0 Å². The molecule has 0 radical (unpaired) electrons. The van der Waals surface area contributed by atoms with E-state index in [1.165, 1.54) is 22.5 Å². The van der Waals surface area contributed by atoms with Gasteiger partial charge in [-0.15, -0.1) is 0 Å². The number of amides is 1. The van der Waals surface area contributed by atoms with Crippen molar-refractivity contribution in [1.82, 2.24) is 19.9 Å². The maximum absolute atomic E-state index is 13.5. The van der Waals surface area contributed by atoms with Gasteiger partial charge in [-0.1, -0.05) is 59.9 Å². The number of carbonyl (C=O) groups excluding carboxylic acids is 1. The summed E-state index contributed by atoms with van der Waals surface area (Å²) in [7, 11) is 0. The number of carboxylic acids is 1. The predicted molar refractivity (Wildman–Crippen MR) is 187 cm³/mol. The maximum atomic E-state index is 13.5. The number of nitrogens with one attached hydrogen (secondary N) is 1. The van der Waals surface area contributed by atoms with Gasteiger partial charge in [-0.3, -0.25) is 20.0 Å². The van der Waals surface area contributed by atoms with Crippen LogP contribution in [0.2, 0.25) is 0 Å². The van der Waals surface area contributed by atoms with Crippen LogP contribution in [-0.4, -0.2) is 49.9 Å². The largest absolute Gasteiger partial charge is 0.476 e. The molecule has 0 saturated carbocycles. The number of hydrogen-bond donors (Lipinski definition) is 2. The van der Waals surface area contributed by atoms with Gasteiger partial charge in [0.2, 0.25) is 0 Å². The zero-order valence-corrected chi connectivity index (χ0v) is 26.9. The van der Waals surface area contributed by atoms with Crippen LogP contribution in [0, 0.1) is 0 Å². The van der Waals surface area contributed by atoms with Crippen molar-refractivity contribution in [2.45, 2.75) is 32.5 Å². The minimum atomic E-state index is -1.07. The van der Waals surface area contributed by atoms with Gasteiger partial charge in [-0.25, -0.2) is 14.8 Å². The third-order valence-corrected chi connectivity index (χ3v) is 10.1. The standard InChI is InChI=1S/C38H32N6O3S/c45-36(42-38-40-32-9-1-2-10-33(32)48-38)30-8-5-6-24-16-19-44(23-31(24)30)34-14-13-29(35(41-34)37(46)47)26-11-12-27-21-43(18-15-25(27)20-26)22-28-7-3-4-17-39-28/h1-14,17,20H,15-16,18-19,21-23H2,(H,46,47)(H,40,42,45). The third-order valence-electron chi connectivity index (χ3n) is 9.16. The Morgan fingerprint density at radius 2 is 1.71 bits per heavy atom. The summed E-state index contributed by atoms with van der Waals surface area (Å²) in [4.78, 5) is 44.2. The Hall–Kier alpha value is -5.45. The van der Waals surface area contributed by atoms with Crippen LogP contribution in [0.3, 0.4) is 0 Å². The molecular formula is C38H32N6O3S. The van der Waals surface area contributed by atoms with Gasteiger partial charge in [-0.05, 0) is 83.1 Å². The Labute approximate surface area is 281 Å². The minimum absolute atomic E-state index is 0.0210. The van der Waals surface area contributed by atoms with Crippen LogP contribution < -0.4 is 10.2 Å². The van der Waals surface area contributed by atoms with Gasteiger partial charge >= 0.3 is 5.97 Å². The molecule has 9 nitrogen and oxygen atoms in total. The number of thiazole rings is 1. The van der Waals surface area contributed by atoms with E-state index in [4.69, 9.17) is 0 Å². The summed E-state index contributed by atoms with van der Waals surface area (Å²) in [5.41, 5.74) is 8.44. The van der Waals surface area contributed by atoms with Crippen molar-refractivity contribution < 1.29 is 14.7 Å². The van der Waals surface area contributed by atoms with E-state index >= 15 is 0 Å². The quantitative estimate of drug-likeness (QED) is 0.193. The molecule has 1 amide bonds. The first kappa shape index (κ1) is 29.9. The van der Waals surface area contributed by atoms with Gasteiger partial charge in [0.15, 0.2) is 10.8 Å². The number of nitrogens with zero attached hydrogens (tertiary/aromatic N) is 5. The van der Waals surface area contributed by atoms with Crippen LogP contribution in [0.5, 0.6) is 0 Å². The smallest absolute Gasteiger partial charge is 0.355 e. The highest BCUT2D eigenvalue weighted by Crippen LogP contribution is 2.33. The summed E-state index contributed by atoms with van der Waals surface area (Å²) in [6, 6.07) is 29.6. The molecule has 10 heteroatoms. The van der Waals surface area contributed by atoms with E-state index in [0.29, 0.717) is 41.6 Å². The van der Waals surface area contributed by atoms with Crippen LogP contribution >= 0.6 is 11.3 Å². The molecule has 2 aliphatic heterocycles. The third kappa shape index (κ3) is 5.92. The molecule has 0 bridgehead atoms. The van der Waals surface area contributed by atoms with Gasteiger partial charge in [0.25, 0.3) is 5.91 Å². The Bertz CT molecular complexity index is 2150. The highest BCUT2D eigenvalue weighted by molar-refractivity contribution is 7.22. The molecule has 5 heterocycles. The molecule has 238 valence electrons. The first-order chi connectivity index (χ1) is 23.5. The summed E-state index contributed by atoms with van der Waals surface area (Å²) in [6.45, 7) is 3.64. The van der Waals surface area contributed by atoms with E-state index in [1.807, 2.05) is 85.1 Å². The lowest BCUT2D eigenvalue weighted by Gasteiger charge is -2.31. The highest BCUT2D eigenvalue weighted by atomic mass is 32.1. The second-order valence-corrected chi connectivity index (χ2v) is 13.2. The molecule has 0 unspecified atom stereocenters. The number of para-hydroxylation sites is 1. The number of rotatable bonds is 7. The molecule has 0 fully saturated rings. The first-order valence-electron chi connectivity index (χ1n) is 16.0. The van der Waals surface area contributed by atoms with Crippen molar-refractivity contribution in [2.75, 3.05) is 23.3 Å². The van der Waals surface area contributed by atoms with Gasteiger partial charge in [0.1, 0.15) is 5.82 Å². The SMILES string of the molecule is O=C(Nc1nc2ccccc2s1)c1cccc2c1CN(c1ccc(-c3ccc4c(c3)CCN(Cc3ccccn3)C4)c(C(=O)O)n1)CC2. The first-order valence-corrected chi connectivity index (χ1v) is 16.8. The Balaban J connectivity index is 1.02. The number of pyridine rings is 2. The Kier molecular flexibility index (Phi) is 7.87. The monoisotopic (exact) mass is 652 g/mol. The number of aromatic carboxylic acids is 1. The molecule has 2 aliphatic rings. The van der Waals surface area contributed by atoms with E-state index in [2.05, 4.69) is 42.2 Å². The van der Waals surface area contributed by atoms with Crippen molar-refractivity contribution >= 4 is 44.4 Å². The number of aromatic nitrogens is 3. The second-order valence-electron chi connectivity index (χ2n) is 12.2. The molecule has 0 saturated heterocycles. The van der Waals surface area contributed by atoms with E-state index in [1.54, 1.807) is 0 Å². The van der Waals surface area contributed by atoms with E-state index < -0.39 is 5.97 Å². The number of benzene rings is 3. The zero-order chi connectivity index (χ0) is 32.6. The predicted octanol–water partition coefficient (Wildman–Crippen LogP) is 6.82. The molecule has 0 spiro atoms. The normalized spacial score (nSPS) is 14.4. The summed E-state index contributed by atoms with van der Waals surface area (Å²) >= 11 is 1.44. The van der Waals surface area contributed by atoms with Crippen LogP contribution in [0.1, 0.15) is 48.8 Å². The fourth-order valence-electron chi connectivity index (χ4n) is 6.73. The second kappa shape index (κ2) is 12.6. The molecule has 3 aromatic carbocycles. The number of carboxylic acid groups (broad SMARTS) is 1. The topological polar surface area (TPSA) is 112 Å². The fraction of sp³-hybridized carbons (Fsp3) is 0.184. The van der Waals surface area contributed by atoms with Crippen LogP contribution in [0.15, 0.2) is 97.2 Å². The molecule has 0 atom stereocenters. The number of anilines is 2. The molecule has 6 aromatic rings. The summed E-state index contributed by atoms with van der Waals surface area (Å²) in [5, 5.41) is 13.8. The molecule has 0 aliphatic carbocycles. The number of fused-ring (bicyclic) bond motifs is 3. The van der Waals surface area contributed by atoms with Crippen LogP contribution in [0.25, 0.3) is 21.3 Å². The molecule has 8 rings (SSSR count). The van der Waals surface area contributed by atoms with Crippen molar-refractivity contribution in [3.63, 3.8) is 0 Å². The van der Waals surface area contributed by atoms with E-state index in [9.17, 15) is 14.7 Å². The van der Waals surface area contributed by atoms with Crippen LogP contribution in [0.4, 0.5) is 10.9 Å². The minimum Gasteiger partial charge on any atom is -0.476 e. The van der Waals surface area contributed by atoms with Crippen LogP contribution in [-0.2, 0) is 32.5 Å². The summed E-state index contributed by atoms with van der Waals surface area (Å²) in [5.74, 6) is -0.708. The van der Waals surface area contributed by atoms with Gasteiger partial charge in [-0.2, -0.15) is 0 Å². The van der Waals surface area contributed by atoms with Crippen molar-refractivity contribution in [1.29, 1.82) is 0 Å². The molecule has 3 aromatic heterocycles. The van der Waals surface area contributed by atoms with Crippen molar-refractivity contribution in [3.8, 4) is 11.1 Å². The molecular weight excluding hydrogens is 621 g/mol. The Morgan fingerprint density at radius 1 is 0.833 bits per heavy atom. The highest BCUT2D eigenvalue weighted by Gasteiger charge is 2.26. The molecule has 2 N–H and O–H groups in total. The number of hydrogen-bond acceptors (Lipinski definition) is 8. The average Bonchev–Trinajstić information content (AvgIpc) is 3.53. The lowest BCUT2D eigenvalue weighted by Crippen LogP contribution is -2.33. The van der Waals surface area contributed by atoms with Gasteiger partial charge < -0.3 is 10.0 Å². The van der Waals surface area contributed by atoms with E-state index in [0.717, 1.165) is 58.7 Å². The maximum Gasteiger partial charge on any atom is 0.355 e. The van der Waals surface area contributed by atoms with Crippen molar-refractivity contribution in [3.05, 3.63) is 136 Å². The average molecular weight is 653 g/mol. The lowest BCUT2D eigenvalue weighted by atomic mass is 9.93. The zero-order valence-electron chi connectivity index (χ0n) is 26.1. The molecule has 48 heavy (non-hydrogen) atoms. The lowest BCUT2D eigenvalue weighted by molar-refractivity contribution is 0.0691.